The maximum atomic E-state index is 11.1. The minimum Gasteiger partial charge on any atom is -0.469 e. The van der Waals surface area contributed by atoms with E-state index in [1.807, 2.05) is 19.1 Å². The number of carbonyl (C=O) groups excluding carboxylic acids is 1. The molecule has 0 saturated carbocycles. The SMILES string of the molecule is COC(=O)Cc1csc(N/N=C\c2ccc(C)o2)n1. The Bertz CT molecular complexity index is 589. The first-order valence-corrected chi connectivity index (χ1v) is 6.42. The maximum absolute atomic E-state index is 11.1. The largest absolute Gasteiger partial charge is 0.469 e. The predicted octanol–water partition coefficient (Wildman–Crippen LogP) is 2.21. The van der Waals surface area contributed by atoms with E-state index in [9.17, 15) is 4.79 Å². The minimum atomic E-state index is -0.314. The Labute approximate surface area is 114 Å². The third-order valence-corrected chi connectivity index (χ3v) is 3.01. The average Bonchev–Trinajstić information content (AvgIpc) is 2.99. The van der Waals surface area contributed by atoms with Gasteiger partial charge >= 0.3 is 5.97 Å². The average molecular weight is 279 g/mol. The van der Waals surface area contributed by atoms with Crippen molar-refractivity contribution in [2.45, 2.75) is 13.3 Å². The molecule has 19 heavy (non-hydrogen) atoms. The number of nitrogens with zero attached hydrogens (tertiary/aromatic N) is 2. The normalized spacial score (nSPS) is 10.8. The van der Waals surface area contributed by atoms with E-state index in [4.69, 9.17) is 4.42 Å². The summed E-state index contributed by atoms with van der Waals surface area (Å²) in [6.45, 7) is 1.87. The number of esters is 1. The van der Waals surface area contributed by atoms with Crippen LogP contribution in [0.15, 0.2) is 27.0 Å². The summed E-state index contributed by atoms with van der Waals surface area (Å²) in [4.78, 5) is 15.3. The van der Waals surface area contributed by atoms with Crippen molar-refractivity contribution in [3.63, 3.8) is 0 Å². The minimum absolute atomic E-state index is 0.162. The van der Waals surface area contributed by atoms with Crippen molar-refractivity contribution in [1.82, 2.24) is 4.98 Å². The van der Waals surface area contributed by atoms with Crippen LogP contribution in [-0.2, 0) is 16.0 Å². The Kier molecular flexibility index (Phi) is 4.30. The van der Waals surface area contributed by atoms with Crippen LogP contribution in [0.3, 0.4) is 0 Å². The molecule has 2 rings (SSSR count). The molecule has 0 spiro atoms. The first kappa shape index (κ1) is 13.3. The van der Waals surface area contributed by atoms with Crippen molar-refractivity contribution in [1.29, 1.82) is 0 Å². The Balaban J connectivity index is 1.89. The van der Waals surface area contributed by atoms with E-state index in [1.54, 1.807) is 11.6 Å². The summed E-state index contributed by atoms with van der Waals surface area (Å²) in [6, 6.07) is 3.68. The molecule has 2 heterocycles. The number of rotatable bonds is 5. The summed E-state index contributed by atoms with van der Waals surface area (Å²) in [7, 11) is 1.35. The molecular formula is C12H13N3O3S. The summed E-state index contributed by atoms with van der Waals surface area (Å²) in [5, 5.41) is 6.39. The highest BCUT2D eigenvalue weighted by molar-refractivity contribution is 7.13. The number of nitrogens with one attached hydrogen (secondary N) is 1. The number of thiazole rings is 1. The van der Waals surface area contributed by atoms with Crippen molar-refractivity contribution in [3.8, 4) is 0 Å². The molecule has 0 fully saturated rings. The topological polar surface area (TPSA) is 76.7 Å². The van der Waals surface area contributed by atoms with Crippen LogP contribution in [0.1, 0.15) is 17.2 Å². The highest BCUT2D eigenvalue weighted by atomic mass is 32.1. The van der Waals surface area contributed by atoms with Gasteiger partial charge in [-0.1, -0.05) is 0 Å². The molecule has 100 valence electrons. The molecule has 0 atom stereocenters. The molecule has 0 radical (unpaired) electrons. The van der Waals surface area contributed by atoms with Gasteiger partial charge in [-0.3, -0.25) is 10.2 Å². The second-order valence-corrected chi connectivity index (χ2v) is 4.57. The number of aromatic nitrogens is 1. The monoisotopic (exact) mass is 279 g/mol. The summed E-state index contributed by atoms with van der Waals surface area (Å²) in [5.41, 5.74) is 3.43. The lowest BCUT2D eigenvalue weighted by atomic mass is 10.3. The molecule has 0 aliphatic rings. The van der Waals surface area contributed by atoms with E-state index < -0.39 is 0 Å². The van der Waals surface area contributed by atoms with Gasteiger partial charge in [0, 0.05) is 5.38 Å². The second-order valence-electron chi connectivity index (χ2n) is 3.72. The van der Waals surface area contributed by atoms with Gasteiger partial charge in [0.1, 0.15) is 11.5 Å². The summed E-state index contributed by atoms with van der Waals surface area (Å²) >= 11 is 1.37. The fourth-order valence-electron chi connectivity index (χ4n) is 1.33. The lowest BCUT2D eigenvalue weighted by Gasteiger charge is -1.94. The summed E-state index contributed by atoms with van der Waals surface area (Å²) < 4.78 is 9.89. The van der Waals surface area contributed by atoms with Gasteiger partial charge in [-0.05, 0) is 19.1 Å². The fraction of sp³-hybridized carbons (Fsp3) is 0.250. The van der Waals surface area contributed by atoms with Crippen LogP contribution < -0.4 is 5.43 Å². The molecule has 6 nitrogen and oxygen atoms in total. The van der Waals surface area contributed by atoms with Gasteiger partial charge in [0.15, 0.2) is 0 Å². The third kappa shape index (κ3) is 3.92. The van der Waals surface area contributed by atoms with E-state index in [0.717, 1.165) is 5.76 Å². The van der Waals surface area contributed by atoms with Crippen LogP contribution in [-0.4, -0.2) is 24.3 Å². The zero-order valence-electron chi connectivity index (χ0n) is 10.5. The van der Waals surface area contributed by atoms with Crippen LogP contribution in [0.2, 0.25) is 0 Å². The fourth-order valence-corrected chi connectivity index (χ4v) is 1.99. The van der Waals surface area contributed by atoms with Gasteiger partial charge in [0.05, 0.1) is 25.4 Å². The third-order valence-electron chi connectivity index (χ3n) is 2.22. The number of hydrazone groups is 1. The Morgan fingerprint density at radius 1 is 1.63 bits per heavy atom. The zero-order valence-corrected chi connectivity index (χ0v) is 11.4. The molecule has 0 bridgehead atoms. The lowest BCUT2D eigenvalue weighted by Crippen LogP contribution is -2.04. The highest BCUT2D eigenvalue weighted by Crippen LogP contribution is 2.16. The van der Waals surface area contributed by atoms with Crippen molar-refractivity contribution in [2.24, 2.45) is 5.10 Å². The van der Waals surface area contributed by atoms with E-state index in [2.05, 4.69) is 20.2 Å². The highest BCUT2D eigenvalue weighted by Gasteiger charge is 2.06. The zero-order chi connectivity index (χ0) is 13.7. The van der Waals surface area contributed by atoms with Crippen molar-refractivity contribution < 1.29 is 13.9 Å². The number of furan rings is 1. The number of hydrogen-bond donors (Lipinski definition) is 1. The van der Waals surface area contributed by atoms with Crippen molar-refractivity contribution in [3.05, 3.63) is 34.7 Å². The Morgan fingerprint density at radius 2 is 2.47 bits per heavy atom. The molecule has 0 aliphatic carbocycles. The molecule has 1 N–H and O–H groups in total. The van der Waals surface area contributed by atoms with Crippen LogP contribution in [0.4, 0.5) is 5.13 Å². The standard InChI is InChI=1S/C12H13N3O3S/c1-8-3-4-10(18-8)6-13-15-12-14-9(7-19-12)5-11(16)17-2/h3-4,6-7H,5H2,1-2H3,(H,14,15)/b13-6-. The first-order chi connectivity index (χ1) is 9.17. The van der Waals surface area contributed by atoms with Gasteiger partial charge in [-0.25, -0.2) is 4.98 Å². The van der Waals surface area contributed by atoms with E-state index in [-0.39, 0.29) is 12.4 Å². The molecule has 7 heteroatoms. The molecule has 0 aliphatic heterocycles. The molecule has 2 aromatic rings. The van der Waals surface area contributed by atoms with E-state index in [0.29, 0.717) is 16.6 Å². The second kappa shape index (κ2) is 6.14. The van der Waals surface area contributed by atoms with Gasteiger partial charge in [0.2, 0.25) is 5.13 Å². The number of methoxy groups -OCH3 is 1. The number of ether oxygens (including phenoxy) is 1. The van der Waals surface area contributed by atoms with Crippen LogP contribution in [0.25, 0.3) is 0 Å². The number of aryl methyl sites for hydroxylation is 1. The molecule has 0 amide bonds. The molecule has 2 aromatic heterocycles. The van der Waals surface area contributed by atoms with Gasteiger partial charge in [0.25, 0.3) is 0 Å². The number of hydrogen-bond acceptors (Lipinski definition) is 7. The molecule has 0 saturated heterocycles. The number of anilines is 1. The van der Waals surface area contributed by atoms with Gasteiger partial charge in [-0.2, -0.15) is 5.10 Å². The molecule has 0 aromatic carbocycles. The van der Waals surface area contributed by atoms with Crippen LogP contribution >= 0.6 is 11.3 Å². The predicted molar refractivity (Wildman–Crippen MR) is 72.5 cm³/mol. The van der Waals surface area contributed by atoms with E-state index in [1.165, 1.54) is 18.4 Å². The Morgan fingerprint density at radius 3 is 3.16 bits per heavy atom. The quantitative estimate of drug-likeness (QED) is 0.516. The van der Waals surface area contributed by atoms with Gasteiger partial charge in [-0.15, -0.1) is 11.3 Å². The first-order valence-electron chi connectivity index (χ1n) is 5.54. The maximum Gasteiger partial charge on any atom is 0.311 e. The molecular weight excluding hydrogens is 266 g/mol. The van der Waals surface area contributed by atoms with Crippen molar-refractivity contribution in [2.75, 3.05) is 12.5 Å². The van der Waals surface area contributed by atoms with Crippen molar-refractivity contribution >= 4 is 28.7 Å². The van der Waals surface area contributed by atoms with Gasteiger partial charge < -0.3 is 9.15 Å². The summed E-state index contributed by atoms with van der Waals surface area (Å²) in [5.74, 6) is 1.18. The molecule has 0 unspecified atom stereocenters. The van der Waals surface area contributed by atoms with Crippen LogP contribution in [0.5, 0.6) is 0 Å². The summed E-state index contributed by atoms with van der Waals surface area (Å²) in [6.07, 6.45) is 1.73. The lowest BCUT2D eigenvalue weighted by molar-refractivity contribution is -0.139. The van der Waals surface area contributed by atoms with Crippen LogP contribution in [0, 0.1) is 6.92 Å². The van der Waals surface area contributed by atoms with E-state index >= 15 is 0 Å². The number of carbonyl (C=O) groups is 1. The Hall–Kier alpha value is -2.15. The smallest absolute Gasteiger partial charge is 0.311 e.